The van der Waals surface area contributed by atoms with E-state index in [4.69, 9.17) is 15.3 Å². The quantitative estimate of drug-likeness (QED) is 0.469. The maximum absolute atomic E-state index is 11.8. The third-order valence-corrected chi connectivity index (χ3v) is 2.87. The van der Waals surface area contributed by atoms with Crippen molar-refractivity contribution < 1.29 is 24.9 Å². The van der Waals surface area contributed by atoms with Crippen molar-refractivity contribution in [3.05, 3.63) is 12.2 Å². The maximum Gasteiger partial charge on any atom is 0.307 e. The zero-order valence-corrected chi connectivity index (χ0v) is 9.37. The zero-order chi connectivity index (χ0) is 12.8. The van der Waals surface area contributed by atoms with Crippen LogP contribution in [0.2, 0.25) is 0 Å². The van der Waals surface area contributed by atoms with Gasteiger partial charge in [0, 0.05) is 0 Å². The number of nitrogens with one attached hydrogen (secondary N) is 1. The van der Waals surface area contributed by atoms with Gasteiger partial charge in [-0.3, -0.25) is 9.59 Å². The maximum atomic E-state index is 11.8. The minimum atomic E-state index is -1.00. The predicted octanol–water partition coefficient (Wildman–Crippen LogP) is -0.877. The van der Waals surface area contributed by atoms with Gasteiger partial charge in [-0.05, 0) is 12.8 Å². The number of aliphatic hydroxyl groups is 2. The van der Waals surface area contributed by atoms with Crippen molar-refractivity contribution >= 4 is 11.9 Å². The first-order chi connectivity index (χ1) is 8.10. The van der Waals surface area contributed by atoms with Crippen LogP contribution in [0.25, 0.3) is 0 Å². The molecule has 0 spiro atoms. The number of hydrogen-bond donors (Lipinski definition) is 4. The molecule has 1 amide bonds. The summed E-state index contributed by atoms with van der Waals surface area (Å²) in [7, 11) is 0. The summed E-state index contributed by atoms with van der Waals surface area (Å²) in [6, 6.07) is -0.733. The second-order valence-electron chi connectivity index (χ2n) is 4.06. The minimum absolute atomic E-state index is 0.330. The van der Waals surface area contributed by atoms with E-state index >= 15 is 0 Å². The van der Waals surface area contributed by atoms with Crippen molar-refractivity contribution in [2.24, 2.45) is 11.8 Å². The number of amides is 1. The fourth-order valence-electron chi connectivity index (χ4n) is 1.83. The van der Waals surface area contributed by atoms with E-state index in [0.717, 1.165) is 0 Å². The lowest BCUT2D eigenvalue weighted by atomic mass is 9.82. The Labute approximate surface area is 98.9 Å². The second-order valence-corrected chi connectivity index (χ2v) is 4.06. The molecule has 0 saturated carbocycles. The molecule has 0 fully saturated rings. The highest BCUT2D eigenvalue weighted by Crippen LogP contribution is 2.26. The van der Waals surface area contributed by atoms with E-state index in [0.29, 0.717) is 12.8 Å². The Morgan fingerprint density at radius 2 is 1.71 bits per heavy atom. The van der Waals surface area contributed by atoms with Crippen LogP contribution in [0.5, 0.6) is 0 Å². The van der Waals surface area contributed by atoms with Gasteiger partial charge >= 0.3 is 5.97 Å². The van der Waals surface area contributed by atoms with Gasteiger partial charge in [-0.1, -0.05) is 12.2 Å². The Morgan fingerprint density at radius 3 is 2.18 bits per heavy atom. The van der Waals surface area contributed by atoms with Crippen LogP contribution in [0.15, 0.2) is 12.2 Å². The fourth-order valence-corrected chi connectivity index (χ4v) is 1.83. The molecule has 0 radical (unpaired) electrons. The highest BCUT2D eigenvalue weighted by atomic mass is 16.4. The summed E-state index contributed by atoms with van der Waals surface area (Å²) in [4.78, 5) is 22.8. The van der Waals surface area contributed by atoms with E-state index in [-0.39, 0.29) is 13.2 Å². The monoisotopic (exact) mass is 243 g/mol. The zero-order valence-electron chi connectivity index (χ0n) is 9.37. The molecule has 0 aliphatic heterocycles. The van der Waals surface area contributed by atoms with Crippen molar-refractivity contribution in [2.75, 3.05) is 13.2 Å². The predicted molar refractivity (Wildman–Crippen MR) is 59.1 cm³/mol. The third-order valence-electron chi connectivity index (χ3n) is 2.87. The van der Waals surface area contributed by atoms with Gasteiger partial charge in [-0.2, -0.15) is 0 Å². The third kappa shape index (κ3) is 3.54. The van der Waals surface area contributed by atoms with Crippen molar-refractivity contribution in [3.8, 4) is 0 Å². The molecule has 4 N–H and O–H groups in total. The van der Waals surface area contributed by atoms with E-state index in [2.05, 4.69) is 5.32 Å². The summed E-state index contributed by atoms with van der Waals surface area (Å²) in [6.45, 7) is -0.745. The number of hydrogen-bond acceptors (Lipinski definition) is 4. The first kappa shape index (κ1) is 13.7. The number of carboxylic acids is 1. The lowest BCUT2D eigenvalue weighted by Crippen LogP contribution is -2.46. The van der Waals surface area contributed by atoms with E-state index in [9.17, 15) is 9.59 Å². The average molecular weight is 243 g/mol. The SMILES string of the molecule is O=C(O)C1CC=CCC1C(=O)NC(CO)CO. The summed E-state index contributed by atoms with van der Waals surface area (Å²) in [5.41, 5.74) is 0. The molecule has 17 heavy (non-hydrogen) atoms. The number of allylic oxidation sites excluding steroid dienone is 2. The minimum Gasteiger partial charge on any atom is -0.481 e. The van der Waals surface area contributed by atoms with Crippen LogP contribution in [0.4, 0.5) is 0 Å². The molecule has 0 saturated heterocycles. The number of carbonyl (C=O) groups is 2. The first-order valence-electron chi connectivity index (χ1n) is 5.50. The molecule has 1 aliphatic rings. The first-order valence-corrected chi connectivity index (χ1v) is 5.50. The second kappa shape index (κ2) is 6.36. The van der Waals surface area contributed by atoms with E-state index in [1.54, 1.807) is 12.2 Å². The number of carbonyl (C=O) groups excluding carboxylic acids is 1. The lowest BCUT2D eigenvalue weighted by molar-refractivity contribution is -0.147. The Bertz CT molecular complexity index is 311. The smallest absolute Gasteiger partial charge is 0.307 e. The van der Waals surface area contributed by atoms with Crippen LogP contribution in [0.3, 0.4) is 0 Å². The fraction of sp³-hybridized carbons (Fsp3) is 0.636. The van der Waals surface area contributed by atoms with Crippen molar-refractivity contribution in [3.63, 3.8) is 0 Å². The molecule has 6 nitrogen and oxygen atoms in total. The topological polar surface area (TPSA) is 107 Å². The van der Waals surface area contributed by atoms with Gasteiger partial charge in [-0.25, -0.2) is 0 Å². The van der Waals surface area contributed by atoms with Crippen molar-refractivity contribution in [1.29, 1.82) is 0 Å². The van der Waals surface area contributed by atoms with E-state index in [1.807, 2.05) is 0 Å². The molecule has 1 aliphatic carbocycles. The molecule has 0 heterocycles. The van der Waals surface area contributed by atoms with Crippen molar-refractivity contribution in [2.45, 2.75) is 18.9 Å². The lowest BCUT2D eigenvalue weighted by Gasteiger charge is -2.25. The van der Waals surface area contributed by atoms with Crippen LogP contribution in [-0.2, 0) is 9.59 Å². The number of rotatable bonds is 5. The Balaban J connectivity index is 2.66. The molecule has 0 aromatic rings. The molecule has 2 unspecified atom stereocenters. The van der Waals surface area contributed by atoms with Gasteiger partial charge in [-0.15, -0.1) is 0 Å². The number of aliphatic carboxylic acids is 1. The van der Waals surface area contributed by atoms with Crippen molar-refractivity contribution in [1.82, 2.24) is 5.32 Å². The molecule has 1 rings (SSSR count). The summed E-state index contributed by atoms with van der Waals surface area (Å²) < 4.78 is 0. The van der Waals surface area contributed by atoms with Gasteiger partial charge in [0.2, 0.25) is 5.91 Å². The van der Waals surface area contributed by atoms with Crippen LogP contribution in [0, 0.1) is 11.8 Å². The molecule has 0 bridgehead atoms. The average Bonchev–Trinajstić information content (AvgIpc) is 2.35. The Hall–Kier alpha value is -1.40. The van der Waals surface area contributed by atoms with E-state index in [1.165, 1.54) is 0 Å². The summed E-state index contributed by atoms with van der Waals surface area (Å²) >= 11 is 0. The molecule has 0 aromatic carbocycles. The Morgan fingerprint density at radius 1 is 1.18 bits per heavy atom. The standard InChI is InChI=1S/C11H17NO5/c13-5-7(6-14)12-10(15)8-3-1-2-4-9(8)11(16)17/h1-2,7-9,13-14H,3-6H2,(H,12,15)(H,16,17). The summed E-state index contributed by atoms with van der Waals surface area (Å²) in [5.74, 6) is -2.81. The summed E-state index contributed by atoms with van der Waals surface area (Å²) in [5, 5.41) is 29.1. The molecule has 6 heteroatoms. The highest BCUT2D eigenvalue weighted by Gasteiger charge is 2.34. The summed E-state index contributed by atoms with van der Waals surface area (Å²) in [6.07, 6.45) is 4.22. The van der Waals surface area contributed by atoms with Gasteiger partial charge in [0.15, 0.2) is 0 Å². The Kier molecular flexibility index (Phi) is 5.11. The van der Waals surface area contributed by atoms with Crippen LogP contribution in [-0.4, -0.2) is 46.5 Å². The van der Waals surface area contributed by atoms with Gasteiger partial charge in [0.25, 0.3) is 0 Å². The molecule has 96 valence electrons. The van der Waals surface area contributed by atoms with E-state index < -0.39 is 29.8 Å². The number of aliphatic hydroxyl groups excluding tert-OH is 2. The van der Waals surface area contributed by atoms with Gasteiger partial charge in [0.1, 0.15) is 0 Å². The largest absolute Gasteiger partial charge is 0.481 e. The molecule has 2 atom stereocenters. The molecule has 0 aromatic heterocycles. The normalized spacial score (nSPS) is 23.7. The van der Waals surface area contributed by atoms with Gasteiger partial charge < -0.3 is 20.6 Å². The van der Waals surface area contributed by atoms with Crippen LogP contribution < -0.4 is 5.32 Å². The number of carboxylic acid groups (broad SMARTS) is 1. The molecular weight excluding hydrogens is 226 g/mol. The van der Waals surface area contributed by atoms with Crippen LogP contribution in [0.1, 0.15) is 12.8 Å². The van der Waals surface area contributed by atoms with Crippen LogP contribution >= 0.6 is 0 Å². The highest BCUT2D eigenvalue weighted by molar-refractivity contribution is 5.85. The van der Waals surface area contributed by atoms with Gasteiger partial charge in [0.05, 0.1) is 31.1 Å². The molecular formula is C11H17NO5.